The summed E-state index contributed by atoms with van der Waals surface area (Å²) in [4.78, 5) is 2.69. The Kier molecular flexibility index (Phi) is 3.31. The largest absolute Gasteiger partial charge is 0.295 e. The van der Waals surface area contributed by atoms with Crippen LogP contribution in [0.3, 0.4) is 0 Å². The van der Waals surface area contributed by atoms with E-state index in [4.69, 9.17) is 0 Å². The normalized spacial score (nSPS) is 25.2. The van der Waals surface area contributed by atoms with Gasteiger partial charge in [-0.05, 0) is 70.8 Å². The summed E-state index contributed by atoms with van der Waals surface area (Å²) in [6.45, 7) is 2.45. The lowest BCUT2D eigenvalue weighted by Gasteiger charge is -2.37. The lowest BCUT2D eigenvalue weighted by molar-refractivity contribution is 0.230. The highest BCUT2D eigenvalue weighted by molar-refractivity contribution is 14.1. The van der Waals surface area contributed by atoms with Gasteiger partial charge in [0.2, 0.25) is 0 Å². The minimum Gasteiger partial charge on any atom is -0.295 e. The van der Waals surface area contributed by atoms with Gasteiger partial charge in [-0.2, -0.15) is 0 Å². The number of halogens is 1. The minimum absolute atomic E-state index is 0.539. The van der Waals surface area contributed by atoms with Gasteiger partial charge in [-0.1, -0.05) is 36.4 Å². The molecule has 1 saturated heterocycles. The molecule has 2 heteroatoms. The van der Waals surface area contributed by atoms with Crippen LogP contribution in [-0.2, 0) is 0 Å². The number of fused-ring (bicyclic) bond motifs is 3. The standard InChI is InChI=1S/C18H18IN/c19-14-9-7-13(8-10-14)17-12-20-11-3-6-18(20)16-5-2-1-4-15(16)17/h1-2,4-5,7-10,17-18H,3,6,11-12H2/t17?,18-/m1/s1. The van der Waals surface area contributed by atoms with E-state index < -0.39 is 0 Å². The molecule has 0 spiro atoms. The number of nitrogens with zero attached hydrogens (tertiary/aromatic N) is 1. The Labute approximate surface area is 134 Å². The molecule has 1 nitrogen and oxygen atoms in total. The molecule has 0 radical (unpaired) electrons. The number of hydrogen-bond donors (Lipinski definition) is 0. The summed E-state index contributed by atoms with van der Waals surface area (Å²) in [6, 6.07) is 18.8. The molecular formula is C18H18IN. The Morgan fingerprint density at radius 3 is 2.50 bits per heavy atom. The predicted octanol–water partition coefficient (Wildman–Crippen LogP) is 4.57. The molecule has 20 heavy (non-hydrogen) atoms. The van der Waals surface area contributed by atoms with E-state index in [1.165, 1.54) is 35.1 Å². The average molecular weight is 375 g/mol. The maximum atomic E-state index is 2.69. The molecule has 2 aromatic carbocycles. The Morgan fingerprint density at radius 1 is 0.950 bits per heavy atom. The monoisotopic (exact) mass is 375 g/mol. The van der Waals surface area contributed by atoms with Gasteiger partial charge in [0.25, 0.3) is 0 Å². The molecule has 0 saturated carbocycles. The molecule has 2 aromatic rings. The van der Waals surface area contributed by atoms with Gasteiger partial charge in [0, 0.05) is 22.1 Å². The third-order valence-electron chi connectivity index (χ3n) is 4.78. The molecule has 0 amide bonds. The second-order valence-electron chi connectivity index (χ2n) is 5.89. The molecule has 0 aromatic heterocycles. The zero-order chi connectivity index (χ0) is 13.5. The van der Waals surface area contributed by atoms with Crippen LogP contribution in [0.1, 0.15) is 41.5 Å². The number of benzene rings is 2. The van der Waals surface area contributed by atoms with Crippen LogP contribution in [0.4, 0.5) is 0 Å². The molecule has 0 aliphatic carbocycles. The first kappa shape index (κ1) is 12.8. The molecule has 2 atom stereocenters. The molecule has 102 valence electrons. The zero-order valence-corrected chi connectivity index (χ0v) is 13.6. The molecular weight excluding hydrogens is 357 g/mol. The van der Waals surface area contributed by atoms with Crippen LogP contribution in [0.5, 0.6) is 0 Å². The van der Waals surface area contributed by atoms with Crippen LogP contribution in [0, 0.1) is 3.57 Å². The summed E-state index contributed by atoms with van der Waals surface area (Å²) in [5.41, 5.74) is 4.58. The summed E-state index contributed by atoms with van der Waals surface area (Å²) >= 11 is 2.38. The van der Waals surface area contributed by atoms with Crippen LogP contribution >= 0.6 is 22.6 Å². The van der Waals surface area contributed by atoms with Crippen molar-refractivity contribution in [2.24, 2.45) is 0 Å². The van der Waals surface area contributed by atoms with E-state index in [0.717, 1.165) is 0 Å². The summed E-state index contributed by atoms with van der Waals surface area (Å²) in [6.07, 6.45) is 2.68. The van der Waals surface area contributed by atoms with E-state index in [0.29, 0.717) is 12.0 Å². The van der Waals surface area contributed by atoms with E-state index in [-0.39, 0.29) is 0 Å². The zero-order valence-electron chi connectivity index (χ0n) is 11.4. The van der Waals surface area contributed by atoms with Gasteiger partial charge < -0.3 is 0 Å². The minimum atomic E-state index is 0.539. The van der Waals surface area contributed by atoms with E-state index in [2.05, 4.69) is 76.0 Å². The number of hydrogen-bond acceptors (Lipinski definition) is 1. The summed E-state index contributed by atoms with van der Waals surface area (Å²) in [5.74, 6) is 0.539. The van der Waals surface area contributed by atoms with E-state index in [9.17, 15) is 0 Å². The Bertz CT molecular complexity index is 620. The van der Waals surface area contributed by atoms with Crippen LogP contribution in [0.2, 0.25) is 0 Å². The first-order valence-electron chi connectivity index (χ1n) is 7.41. The summed E-state index contributed by atoms with van der Waals surface area (Å²) < 4.78 is 1.31. The Morgan fingerprint density at radius 2 is 1.70 bits per heavy atom. The fourth-order valence-corrected chi connectivity index (χ4v) is 4.20. The first-order valence-corrected chi connectivity index (χ1v) is 8.49. The van der Waals surface area contributed by atoms with Gasteiger partial charge >= 0.3 is 0 Å². The van der Waals surface area contributed by atoms with Crippen molar-refractivity contribution in [2.75, 3.05) is 13.1 Å². The topological polar surface area (TPSA) is 3.24 Å². The van der Waals surface area contributed by atoms with Gasteiger partial charge in [0.05, 0.1) is 0 Å². The Balaban J connectivity index is 1.80. The van der Waals surface area contributed by atoms with Crippen molar-refractivity contribution in [3.05, 3.63) is 68.8 Å². The predicted molar refractivity (Wildman–Crippen MR) is 91.0 cm³/mol. The third kappa shape index (κ3) is 2.09. The fraction of sp³-hybridized carbons (Fsp3) is 0.333. The highest BCUT2D eigenvalue weighted by Gasteiger charge is 2.35. The van der Waals surface area contributed by atoms with Gasteiger partial charge in [-0.15, -0.1) is 0 Å². The van der Waals surface area contributed by atoms with Crippen molar-refractivity contribution in [1.29, 1.82) is 0 Å². The van der Waals surface area contributed by atoms with Crippen LogP contribution < -0.4 is 0 Å². The van der Waals surface area contributed by atoms with Crippen molar-refractivity contribution in [2.45, 2.75) is 24.8 Å². The first-order chi connectivity index (χ1) is 9.83. The highest BCUT2D eigenvalue weighted by Crippen LogP contribution is 2.43. The van der Waals surface area contributed by atoms with Gasteiger partial charge in [0.15, 0.2) is 0 Å². The van der Waals surface area contributed by atoms with Crippen molar-refractivity contribution >= 4 is 22.6 Å². The molecule has 2 aliphatic rings. The number of rotatable bonds is 1. The SMILES string of the molecule is Ic1ccc(C2CN3CCC[C@@H]3c3ccccc32)cc1. The summed E-state index contributed by atoms with van der Waals surface area (Å²) in [7, 11) is 0. The van der Waals surface area contributed by atoms with Crippen LogP contribution in [0.15, 0.2) is 48.5 Å². The maximum absolute atomic E-state index is 2.69. The molecule has 1 unspecified atom stereocenters. The molecule has 2 aliphatic heterocycles. The van der Waals surface area contributed by atoms with E-state index in [1.54, 1.807) is 11.1 Å². The molecule has 1 fully saturated rings. The van der Waals surface area contributed by atoms with Crippen molar-refractivity contribution in [3.8, 4) is 0 Å². The second-order valence-corrected chi connectivity index (χ2v) is 7.13. The highest BCUT2D eigenvalue weighted by atomic mass is 127. The summed E-state index contributed by atoms with van der Waals surface area (Å²) in [5, 5.41) is 0. The van der Waals surface area contributed by atoms with E-state index in [1.807, 2.05) is 0 Å². The Hall–Kier alpha value is -0.870. The van der Waals surface area contributed by atoms with Gasteiger partial charge in [-0.3, -0.25) is 4.90 Å². The molecule has 2 heterocycles. The van der Waals surface area contributed by atoms with Crippen molar-refractivity contribution < 1.29 is 0 Å². The smallest absolute Gasteiger partial charge is 0.0351 e. The van der Waals surface area contributed by atoms with Gasteiger partial charge in [-0.25, -0.2) is 0 Å². The van der Waals surface area contributed by atoms with Crippen LogP contribution in [0.25, 0.3) is 0 Å². The molecule has 0 bridgehead atoms. The van der Waals surface area contributed by atoms with Crippen molar-refractivity contribution in [3.63, 3.8) is 0 Å². The third-order valence-corrected chi connectivity index (χ3v) is 5.50. The van der Waals surface area contributed by atoms with Crippen LogP contribution in [-0.4, -0.2) is 18.0 Å². The average Bonchev–Trinajstić information content (AvgIpc) is 2.96. The van der Waals surface area contributed by atoms with Crippen molar-refractivity contribution in [1.82, 2.24) is 4.90 Å². The second kappa shape index (κ2) is 5.15. The fourth-order valence-electron chi connectivity index (χ4n) is 3.84. The molecule has 4 rings (SSSR count). The van der Waals surface area contributed by atoms with E-state index >= 15 is 0 Å². The lowest BCUT2D eigenvalue weighted by atomic mass is 9.82. The molecule has 0 N–H and O–H groups in total. The maximum Gasteiger partial charge on any atom is 0.0351 e. The quantitative estimate of drug-likeness (QED) is 0.660. The van der Waals surface area contributed by atoms with Gasteiger partial charge in [0.1, 0.15) is 0 Å². The lowest BCUT2D eigenvalue weighted by Crippen LogP contribution is -2.34.